The molecule has 17 rings (SSSR count). The van der Waals surface area contributed by atoms with Gasteiger partial charge in [-0.3, -0.25) is 9.13 Å². The van der Waals surface area contributed by atoms with Gasteiger partial charge in [-0.2, -0.15) is 0 Å². The van der Waals surface area contributed by atoms with Crippen molar-refractivity contribution in [2.45, 2.75) is 0 Å². The summed E-state index contributed by atoms with van der Waals surface area (Å²) in [6.45, 7) is 0. The molecule has 0 saturated carbocycles. The van der Waals surface area contributed by atoms with Crippen molar-refractivity contribution in [3.8, 4) is 73.8 Å². The van der Waals surface area contributed by atoms with Gasteiger partial charge in [-0.05, 0) is 84.4 Å². The summed E-state index contributed by atoms with van der Waals surface area (Å²) in [7, 11) is 1.69. The predicted octanol–water partition coefficient (Wildman–Crippen LogP) is 18.9. The van der Waals surface area contributed by atoms with Crippen LogP contribution in [0, 0.1) is 0 Å². The summed E-state index contributed by atoms with van der Waals surface area (Å²) in [6.07, 6.45) is 0. The van der Waals surface area contributed by atoms with E-state index in [4.69, 9.17) is 19.7 Å². The van der Waals surface area contributed by atoms with Gasteiger partial charge in [0.15, 0.2) is 17.5 Å². The lowest BCUT2D eigenvalue weighted by Gasteiger charge is -2.27. The lowest BCUT2D eigenvalue weighted by atomic mass is 9.98. The minimum atomic E-state index is 0.616. The molecule has 6 aromatic heterocycles. The Kier molecular flexibility index (Phi) is 10.7. The minimum absolute atomic E-state index is 0.616. The predicted molar refractivity (Wildman–Crippen MR) is 345 cm³/mol. The molecule has 0 atom stereocenters. The highest BCUT2D eigenvalue weighted by molar-refractivity contribution is 6.16. The fourth-order valence-electron chi connectivity index (χ4n) is 13.2. The van der Waals surface area contributed by atoms with Gasteiger partial charge in [-0.1, -0.05) is 200 Å². The molecule has 0 fully saturated rings. The molecule has 0 aliphatic heterocycles. The number of methoxy groups -OCH3 is 1. The third-order valence-electron chi connectivity index (χ3n) is 16.9. The van der Waals surface area contributed by atoms with Crippen molar-refractivity contribution in [3.05, 3.63) is 279 Å². The third kappa shape index (κ3) is 7.17. The zero-order chi connectivity index (χ0) is 55.4. The average Bonchev–Trinajstić information content (AvgIpc) is 1.98. The number of aromatic nitrogens is 7. The van der Waals surface area contributed by atoms with E-state index in [2.05, 4.69) is 279 Å². The fraction of sp³-hybridized carbons (Fsp3) is 0.0132. The zero-order valence-electron chi connectivity index (χ0n) is 45.6. The van der Waals surface area contributed by atoms with Gasteiger partial charge in [0.1, 0.15) is 17.1 Å². The van der Waals surface area contributed by atoms with Crippen LogP contribution in [0.25, 0.3) is 155 Å². The van der Waals surface area contributed by atoms with Crippen molar-refractivity contribution in [2.24, 2.45) is 0 Å². The van der Waals surface area contributed by atoms with Crippen LogP contribution in [0.1, 0.15) is 0 Å². The van der Waals surface area contributed by atoms with Crippen LogP contribution in [0.2, 0.25) is 0 Å². The molecular formula is C76H49N7O. The van der Waals surface area contributed by atoms with Gasteiger partial charge in [0.2, 0.25) is 0 Å². The molecule has 0 saturated heterocycles. The Balaban J connectivity index is 1.08. The molecule has 8 heteroatoms. The Hall–Kier alpha value is -11.4. The van der Waals surface area contributed by atoms with Crippen molar-refractivity contribution in [1.82, 2.24) is 33.2 Å². The van der Waals surface area contributed by atoms with Gasteiger partial charge in [0, 0.05) is 65.3 Å². The Labute approximate surface area is 482 Å². The van der Waals surface area contributed by atoms with Crippen LogP contribution in [0.3, 0.4) is 0 Å². The molecule has 394 valence electrons. The van der Waals surface area contributed by atoms with E-state index in [1.165, 1.54) is 0 Å². The van der Waals surface area contributed by atoms with Crippen LogP contribution in [-0.2, 0) is 0 Å². The molecule has 6 heterocycles. The van der Waals surface area contributed by atoms with Gasteiger partial charge >= 0.3 is 0 Å². The highest BCUT2D eigenvalue weighted by atomic mass is 16.5. The van der Waals surface area contributed by atoms with E-state index >= 15 is 0 Å². The standard InChI is InChI=1S/C76H49N7O/c1-84-52-45-43-49(44-46-52)62-47-61(48-21-3-2-4-22-48)77-74(78-62)51-41-39-50(40-42-51)71-72(80-63-31-13-5-23-53(63)54-24-6-14-32-64(54)80)75(82-67-35-17-9-27-57(67)58-28-10-18-36-68(58)82)79-76(83-69-37-19-11-29-59(69)60-30-12-20-38-70(60)83)73(71)81-65-33-15-7-25-55(65)56-26-8-16-34-66(56)81/h2-47H,1H3. The quantitative estimate of drug-likeness (QED) is 0.144. The summed E-state index contributed by atoms with van der Waals surface area (Å²) < 4.78 is 15.4. The van der Waals surface area contributed by atoms with Crippen LogP contribution in [0.5, 0.6) is 5.75 Å². The number of pyridine rings is 1. The van der Waals surface area contributed by atoms with Crippen LogP contribution in [0.15, 0.2) is 279 Å². The molecule has 0 radical (unpaired) electrons. The van der Waals surface area contributed by atoms with Crippen LogP contribution >= 0.6 is 0 Å². The summed E-state index contributed by atoms with van der Waals surface area (Å²) in [5.41, 5.74) is 16.8. The van der Waals surface area contributed by atoms with Gasteiger partial charge in [-0.15, -0.1) is 0 Å². The number of fused-ring (bicyclic) bond motifs is 12. The molecule has 0 aliphatic rings. The lowest BCUT2D eigenvalue weighted by Crippen LogP contribution is -2.16. The molecule has 17 aromatic rings. The molecule has 0 aliphatic carbocycles. The second-order valence-electron chi connectivity index (χ2n) is 21.4. The maximum Gasteiger partial charge on any atom is 0.165 e. The highest BCUT2D eigenvalue weighted by Gasteiger charge is 2.32. The Morgan fingerprint density at radius 2 is 0.548 bits per heavy atom. The van der Waals surface area contributed by atoms with Crippen LogP contribution in [0.4, 0.5) is 0 Å². The van der Waals surface area contributed by atoms with E-state index in [9.17, 15) is 0 Å². The van der Waals surface area contributed by atoms with Crippen molar-refractivity contribution in [1.29, 1.82) is 0 Å². The molecule has 0 unspecified atom stereocenters. The first-order chi connectivity index (χ1) is 41.7. The van der Waals surface area contributed by atoms with Crippen molar-refractivity contribution in [3.63, 3.8) is 0 Å². The minimum Gasteiger partial charge on any atom is -0.497 e. The Morgan fingerprint density at radius 3 is 0.893 bits per heavy atom. The molecular weight excluding hydrogens is 1030 g/mol. The third-order valence-corrected chi connectivity index (χ3v) is 16.9. The largest absolute Gasteiger partial charge is 0.497 e. The smallest absolute Gasteiger partial charge is 0.165 e. The molecule has 0 N–H and O–H groups in total. The van der Waals surface area contributed by atoms with Crippen molar-refractivity contribution in [2.75, 3.05) is 7.11 Å². The summed E-state index contributed by atoms with van der Waals surface area (Å²) in [6, 6.07) is 99.8. The Bertz CT molecular complexity index is 5010. The van der Waals surface area contributed by atoms with Gasteiger partial charge in [0.05, 0.1) is 62.6 Å². The monoisotopic (exact) mass is 1080 g/mol. The van der Waals surface area contributed by atoms with Crippen LogP contribution in [-0.4, -0.2) is 40.3 Å². The number of hydrogen-bond acceptors (Lipinski definition) is 4. The maximum absolute atomic E-state index is 6.39. The number of benzene rings is 11. The number of ether oxygens (including phenoxy) is 1. The van der Waals surface area contributed by atoms with E-state index in [1.54, 1.807) is 7.11 Å². The van der Waals surface area contributed by atoms with E-state index in [0.29, 0.717) is 5.82 Å². The van der Waals surface area contributed by atoms with Crippen LogP contribution < -0.4 is 4.74 Å². The molecule has 0 spiro atoms. The summed E-state index contributed by atoms with van der Waals surface area (Å²) in [4.78, 5) is 17.1. The van der Waals surface area contributed by atoms with Gasteiger partial charge < -0.3 is 13.9 Å². The number of para-hydroxylation sites is 8. The highest BCUT2D eigenvalue weighted by Crippen LogP contribution is 2.49. The second-order valence-corrected chi connectivity index (χ2v) is 21.4. The molecule has 11 aromatic carbocycles. The fourth-order valence-corrected chi connectivity index (χ4v) is 13.2. The first-order valence-corrected chi connectivity index (χ1v) is 28.4. The lowest BCUT2D eigenvalue weighted by molar-refractivity contribution is 0.415. The van der Waals surface area contributed by atoms with Crippen molar-refractivity contribution < 1.29 is 4.74 Å². The normalized spacial score (nSPS) is 11.9. The molecule has 84 heavy (non-hydrogen) atoms. The Morgan fingerprint density at radius 1 is 0.262 bits per heavy atom. The maximum atomic E-state index is 6.39. The summed E-state index contributed by atoms with van der Waals surface area (Å²) in [5, 5.41) is 9.17. The molecule has 0 amide bonds. The topological polar surface area (TPSA) is 67.6 Å². The zero-order valence-corrected chi connectivity index (χ0v) is 45.6. The average molecular weight is 1080 g/mol. The SMILES string of the molecule is COc1ccc(-c2cc(-c3ccccc3)nc(-c3ccc(-c4c(-n5c6ccccc6c6ccccc65)c(-n5c6ccccc6c6ccccc65)nc(-n5c6ccccc6c6ccccc65)c4-n4c5ccccc5c5ccccc54)cc3)n2)cc1. The van der Waals surface area contributed by atoms with E-state index in [0.717, 1.165) is 155 Å². The summed E-state index contributed by atoms with van der Waals surface area (Å²) >= 11 is 0. The first kappa shape index (κ1) is 47.5. The van der Waals surface area contributed by atoms with E-state index in [-0.39, 0.29) is 0 Å². The second kappa shape index (κ2) is 18.9. The van der Waals surface area contributed by atoms with Crippen molar-refractivity contribution >= 4 is 87.2 Å². The summed E-state index contributed by atoms with van der Waals surface area (Å²) in [5.74, 6) is 2.96. The molecule has 8 nitrogen and oxygen atoms in total. The first-order valence-electron chi connectivity index (χ1n) is 28.4. The number of rotatable bonds is 9. The van der Waals surface area contributed by atoms with E-state index in [1.807, 2.05) is 18.2 Å². The van der Waals surface area contributed by atoms with E-state index < -0.39 is 0 Å². The van der Waals surface area contributed by atoms with Gasteiger partial charge in [0.25, 0.3) is 0 Å². The number of hydrogen-bond donors (Lipinski definition) is 0. The number of nitrogens with zero attached hydrogens (tertiary/aromatic N) is 7. The van der Waals surface area contributed by atoms with Gasteiger partial charge in [-0.25, -0.2) is 15.0 Å². The molecule has 0 bridgehead atoms.